The molecule has 0 aliphatic carbocycles. The number of aromatic nitrogens is 2. The summed E-state index contributed by atoms with van der Waals surface area (Å²) in [6.07, 6.45) is 0.294. The monoisotopic (exact) mass is 373 g/mol. The summed E-state index contributed by atoms with van der Waals surface area (Å²) >= 11 is 0. The Hall–Kier alpha value is -2.71. The molecule has 0 amide bonds. The van der Waals surface area contributed by atoms with Crippen molar-refractivity contribution in [2.45, 2.75) is 18.2 Å². The van der Waals surface area contributed by atoms with E-state index in [1.165, 1.54) is 0 Å². The summed E-state index contributed by atoms with van der Waals surface area (Å²) in [4.78, 5) is 0.236. The maximum atomic E-state index is 12.3. The number of rotatable bonds is 7. The molecule has 1 N–H and O–H groups in total. The minimum Gasteiger partial charge on any atom is -0.497 e. The first-order valence-corrected chi connectivity index (χ1v) is 9.49. The zero-order valence-electron chi connectivity index (χ0n) is 14.5. The third kappa shape index (κ3) is 4.27. The first-order chi connectivity index (χ1) is 12.5. The third-order valence-electron chi connectivity index (χ3n) is 3.71. The molecule has 0 atom stereocenters. The van der Waals surface area contributed by atoms with Gasteiger partial charge in [-0.15, -0.1) is 10.2 Å². The molecule has 0 bridgehead atoms. The summed E-state index contributed by atoms with van der Waals surface area (Å²) in [6, 6.07) is 14.0. The fourth-order valence-electron chi connectivity index (χ4n) is 2.39. The fourth-order valence-corrected chi connectivity index (χ4v) is 3.52. The highest BCUT2D eigenvalue weighted by Gasteiger charge is 2.15. The van der Waals surface area contributed by atoms with Gasteiger partial charge in [-0.25, -0.2) is 13.1 Å². The van der Waals surface area contributed by atoms with Crippen molar-refractivity contribution in [2.24, 2.45) is 0 Å². The molecule has 7 nitrogen and oxygen atoms in total. The highest BCUT2D eigenvalue weighted by atomic mass is 32.2. The van der Waals surface area contributed by atoms with Gasteiger partial charge in [-0.05, 0) is 42.8 Å². The Bertz CT molecular complexity index is 999. The van der Waals surface area contributed by atoms with Gasteiger partial charge in [0.1, 0.15) is 5.75 Å². The molecule has 0 spiro atoms. The van der Waals surface area contributed by atoms with E-state index in [1.807, 2.05) is 31.2 Å². The average Bonchev–Trinajstić information content (AvgIpc) is 3.10. The highest BCUT2D eigenvalue weighted by Crippen LogP contribution is 2.22. The van der Waals surface area contributed by atoms with Crippen molar-refractivity contribution < 1.29 is 17.6 Å². The lowest BCUT2D eigenvalue weighted by Gasteiger charge is -2.06. The van der Waals surface area contributed by atoms with Gasteiger partial charge in [0.05, 0.1) is 12.0 Å². The van der Waals surface area contributed by atoms with Gasteiger partial charge in [-0.3, -0.25) is 0 Å². The molecule has 2 aromatic carbocycles. The Labute approximate surface area is 152 Å². The van der Waals surface area contributed by atoms with E-state index in [-0.39, 0.29) is 11.4 Å². The van der Waals surface area contributed by atoms with Crippen molar-refractivity contribution in [1.29, 1.82) is 0 Å². The summed E-state index contributed by atoms with van der Waals surface area (Å²) in [5.74, 6) is 1.41. The van der Waals surface area contributed by atoms with E-state index in [2.05, 4.69) is 14.9 Å². The number of benzene rings is 2. The van der Waals surface area contributed by atoms with E-state index in [0.29, 0.717) is 24.0 Å². The summed E-state index contributed by atoms with van der Waals surface area (Å²) in [6.45, 7) is 2.01. The van der Waals surface area contributed by atoms with Crippen molar-refractivity contribution in [3.63, 3.8) is 0 Å². The number of hydrogen-bond donors (Lipinski definition) is 1. The van der Waals surface area contributed by atoms with Gasteiger partial charge in [0.2, 0.25) is 21.8 Å². The molecule has 3 aromatic rings. The van der Waals surface area contributed by atoms with Gasteiger partial charge in [0, 0.05) is 18.5 Å². The Morgan fingerprint density at radius 2 is 1.92 bits per heavy atom. The molecule has 0 saturated carbocycles. The van der Waals surface area contributed by atoms with Crippen LogP contribution >= 0.6 is 0 Å². The molecule has 0 aliphatic heterocycles. The normalized spacial score (nSPS) is 11.5. The maximum Gasteiger partial charge on any atom is 0.247 e. The van der Waals surface area contributed by atoms with Crippen LogP contribution in [0.15, 0.2) is 57.8 Å². The lowest BCUT2D eigenvalue weighted by molar-refractivity contribution is 0.414. The second-order valence-corrected chi connectivity index (χ2v) is 7.46. The lowest BCUT2D eigenvalue weighted by Crippen LogP contribution is -2.26. The van der Waals surface area contributed by atoms with Crippen LogP contribution in [-0.4, -0.2) is 32.3 Å². The van der Waals surface area contributed by atoms with Crippen LogP contribution in [0, 0.1) is 6.92 Å². The van der Waals surface area contributed by atoms with E-state index in [9.17, 15) is 8.42 Å². The second kappa shape index (κ2) is 7.67. The molecule has 26 heavy (non-hydrogen) atoms. The fraction of sp³-hybridized carbons (Fsp3) is 0.222. The molecule has 1 heterocycles. The van der Waals surface area contributed by atoms with Crippen molar-refractivity contribution in [2.75, 3.05) is 13.7 Å². The minimum atomic E-state index is -3.56. The molecule has 0 radical (unpaired) electrons. The summed E-state index contributed by atoms with van der Waals surface area (Å²) in [7, 11) is -1.98. The molecule has 1 aromatic heterocycles. The van der Waals surface area contributed by atoms with E-state index in [1.54, 1.807) is 31.4 Å². The largest absolute Gasteiger partial charge is 0.497 e. The number of methoxy groups -OCH3 is 1. The van der Waals surface area contributed by atoms with Crippen molar-refractivity contribution in [3.05, 3.63) is 60.0 Å². The van der Waals surface area contributed by atoms with Crippen LogP contribution in [0.3, 0.4) is 0 Å². The van der Waals surface area contributed by atoms with Crippen LogP contribution in [-0.2, 0) is 16.4 Å². The molecule has 8 heteroatoms. The lowest BCUT2D eigenvalue weighted by atomic mass is 10.2. The molecule has 0 unspecified atom stereocenters. The smallest absolute Gasteiger partial charge is 0.247 e. The van der Waals surface area contributed by atoms with Crippen LogP contribution in [0.4, 0.5) is 0 Å². The van der Waals surface area contributed by atoms with Crippen LogP contribution in [0.5, 0.6) is 5.75 Å². The first-order valence-electron chi connectivity index (χ1n) is 8.01. The zero-order valence-corrected chi connectivity index (χ0v) is 15.3. The Morgan fingerprint density at radius 1 is 1.12 bits per heavy atom. The SMILES string of the molecule is COc1cccc(-c2nnc(CCNS(=O)(=O)c3cccc(C)c3)o2)c1. The van der Waals surface area contributed by atoms with E-state index < -0.39 is 10.0 Å². The van der Waals surface area contributed by atoms with Crippen LogP contribution in [0.25, 0.3) is 11.5 Å². The number of nitrogens with one attached hydrogen (secondary N) is 1. The molecule has 0 aliphatic rings. The molecular formula is C18H19N3O4S. The first kappa shape index (κ1) is 18.1. The predicted molar refractivity (Wildman–Crippen MR) is 96.4 cm³/mol. The highest BCUT2D eigenvalue weighted by molar-refractivity contribution is 7.89. The summed E-state index contributed by atoms with van der Waals surface area (Å²) in [5, 5.41) is 7.96. The number of sulfonamides is 1. The predicted octanol–water partition coefficient (Wildman–Crippen LogP) is 2.57. The average molecular weight is 373 g/mol. The Balaban J connectivity index is 1.63. The topological polar surface area (TPSA) is 94.3 Å². The standard InChI is InChI=1S/C18H19N3O4S/c1-13-5-3-8-16(11-13)26(22,23)19-10-9-17-20-21-18(25-17)14-6-4-7-15(12-14)24-2/h3-8,11-12,19H,9-10H2,1-2H3. The Kier molecular flexibility index (Phi) is 5.34. The van der Waals surface area contributed by atoms with Gasteiger partial charge >= 0.3 is 0 Å². The van der Waals surface area contributed by atoms with E-state index >= 15 is 0 Å². The Morgan fingerprint density at radius 3 is 2.69 bits per heavy atom. The van der Waals surface area contributed by atoms with Gasteiger partial charge in [-0.2, -0.15) is 0 Å². The van der Waals surface area contributed by atoms with Crippen molar-refractivity contribution >= 4 is 10.0 Å². The van der Waals surface area contributed by atoms with Gasteiger partial charge in [-0.1, -0.05) is 18.2 Å². The van der Waals surface area contributed by atoms with Crippen LogP contribution in [0.1, 0.15) is 11.5 Å². The van der Waals surface area contributed by atoms with E-state index in [4.69, 9.17) is 9.15 Å². The third-order valence-corrected chi connectivity index (χ3v) is 5.17. The van der Waals surface area contributed by atoms with Gasteiger partial charge in [0.25, 0.3) is 0 Å². The van der Waals surface area contributed by atoms with Crippen LogP contribution in [0.2, 0.25) is 0 Å². The molecule has 0 fully saturated rings. The number of hydrogen-bond acceptors (Lipinski definition) is 6. The number of aryl methyl sites for hydroxylation is 1. The summed E-state index contributed by atoms with van der Waals surface area (Å²) in [5.41, 5.74) is 1.62. The zero-order chi connectivity index (χ0) is 18.6. The van der Waals surface area contributed by atoms with Crippen molar-refractivity contribution in [1.82, 2.24) is 14.9 Å². The molecular weight excluding hydrogens is 354 g/mol. The maximum absolute atomic E-state index is 12.3. The molecule has 136 valence electrons. The number of ether oxygens (including phenoxy) is 1. The molecule has 0 saturated heterocycles. The summed E-state index contributed by atoms with van der Waals surface area (Å²) < 4.78 is 37.9. The van der Waals surface area contributed by atoms with Gasteiger partial charge in [0.15, 0.2) is 0 Å². The van der Waals surface area contributed by atoms with Crippen LogP contribution < -0.4 is 9.46 Å². The molecule has 3 rings (SSSR count). The van der Waals surface area contributed by atoms with E-state index in [0.717, 1.165) is 11.1 Å². The number of nitrogens with zero attached hydrogens (tertiary/aromatic N) is 2. The minimum absolute atomic E-state index is 0.163. The van der Waals surface area contributed by atoms with Gasteiger partial charge < -0.3 is 9.15 Å². The van der Waals surface area contributed by atoms with Crippen molar-refractivity contribution in [3.8, 4) is 17.2 Å². The quantitative estimate of drug-likeness (QED) is 0.684. The second-order valence-electron chi connectivity index (χ2n) is 5.70.